The first kappa shape index (κ1) is 9.77. The lowest BCUT2D eigenvalue weighted by Gasteiger charge is -2.09. The van der Waals surface area contributed by atoms with Crippen LogP contribution in [0.15, 0.2) is 48.7 Å². The monoisotopic (exact) mass is 234 g/mol. The van der Waals surface area contributed by atoms with E-state index in [9.17, 15) is 0 Å². The third-order valence-electron chi connectivity index (χ3n) is 3.75. The highest BCUT2D eigenvalue weighted by molar-refractivity contribution is 5.96. The molecule has 0 unspecified atom stereocenters. The summed E-state index contributed by atoms with van der Waals surface area (Å²) >= 11 is 0. The third-order valence-corrected chi connectivity index (χ3v) is 3.75. The Morgan fingerprint density at radius 3 is 2.78 bits per heavy atom. The van der Waals surface area contributed by atoms with Gasteiger partial charge in [-0.15, -0.1) is 0 Å². The average Bonchev–Trinajstić information content (AvgIpc) is 3.06. The summed E-state index contributed by atoms with van der Waals surface area (Å²) in [5.41, 5.74) is 6.64. The summed E-state index contributed by atoms with van der Waals surface area (Å²) in [6.45, 7) is 1.05. The Morgan fingerprint density at radius 2 is 1.78 bits per heavy atom. The van der Waals surface area contributed by atoms with Gasteiger partial charge in [0.1, 0.15) is 0 Å². The van der Waals surface area contributed by atoms with Crippen molar-refractivity contribution in [2.75, 3.05) is 11.9 Å². The molecule has 2 heteroatoms. The van der Waals surface area contributed by atoms with Crippen LogP contribution in [0.2, 0.25) is 0 Å². The van der Waals surface area contributed by atoms with Crippen LogP contribution in [0.5, 0.6) is 0 Å². The first-order chi connectivity index (χ1) is 8.93. The van der Waals surface area contributed by atoms with Crippen molar-refractivity contribution in [3.05, 3.63) is 54.2 Å². The highest BCUT2D eigenvalue weighted by Gasteiger charge is 2.16. The number of hydrogen-bond acceptors (Lipinski definition) is 1. The summed E-state index contributed by atoms with van der Waals surface area (Å²) in [6, 6.07) is 15.2. The van der Waals surface area contributed by atoms with Crippen molar-refractivity contribution in [3.63, 3.8) is 0 Å². The molecule has 18 heavy (non-hydrogen) atoms. The van der Waals surface area contributed by atoms with E-state index in [1.165, 1.54) is 33.3 Å². The first-order valence-corrected chi connectivity index (χ1v) is 6.36. The van der Waals surface area contributed by atoms with Gasteiger partial charge in [-0.3, -0.25) is 0 Å². The summed E-state index contributed by atoms with van der Waals surface area (Å²) in [5, 5.41) is 4.75. The minimum atomic E-state index is 1.05. The molecular weight excluding hydrogens is 220 g/mol. The van der Waals surface area contributed by atoms with Gasteiger partial charge in [-0.1, -0.05) is 24.3 Å². The van der Waals surface area contributed by atoms with Gasteiger partial charge in [0.05, 0.1) is 0 Å². The van der Waals surface area contributed by atoms with E-state index in [0.717, 1.165) is 13.0 Å². The van der Waals surface area contributed by atoms with Crippen molar-refractivity contribution < 1.29 is 0 Å². The lowest BCUT2D eigenvalue weighted by molar-refractivity contribution is 1.11. The maximum absolute atomic E-state index is 3.44. The van der Waals surface area contributed by atoms with Crippen LogP contribution >= 0.6 is 0 Å². The number of H-pyrrole nitrogens is 1. The second kappa shape index (κ2) is 3.64. The predicted octanol–water partition coefficient (Wildman–Crippen LogP) is 3.80. The molecule has 0 saturated heterocycles. The predicted molar refractivity (Wildman–Crippen MR) is 75.9 cm³/mol. The molecule has 2 aromatic carbocycles. The fourth-order valence-electron chi connectivity index (χ4n) is 2.92. The maximum Gasteiger partial charge on any atom is 0.0460 e. The summed E-state index contributed by atoms with van der Waals surface area (Å²) in [4.78, 5) is 3.28. The molecule has 2 heterocycles. The van der Waals surface area contributed by atoms with Crippen LogP contribution < -0.4 is 5.32 Å². The van der Waals surface area contributed by atoms with Gasteiger partial charge in [-0.05, 0) is 41.3 Å². The first-order valence-electron chi connectivity index (χ1n) is 6.36. The molecule has 0 saturated carbocycles. The smallest absolute Gasteiger partial charge is 0.0460 e. The van der Waals surface area contributed by atoms with Crippen molar-refractivity contribution in [2.24, 2.45) is 0 Å². The van der Waals surface area contributed by atoms with Gasteiger partial charge in [0.2, 0.25) is 0 Å². The van der Waals surface area contributed by atoms with Crippen molar-refractivity contribution in [2.45, 2.75) is 6.42 Å². The molecule has 0 amide bonds. The summed E-state index contributed by atoms with van der Waals surface area (Å²) in [5.74, 6) is 0. The van der Waals surface area contributed by atoms with Crippen LogP contribution in [0.3, 0.4) is 0 Å². The van der Waals surface area contributed by atoms with Gasteiger partial charge in [0.15, 0.2) is 0 Å². The Kier molecular flexibility index (Phi) is 1.97. The standard InChI is InChI=1S/C16H14N2/c1-3-11(13-7-9-17-15(13)5-1)12-4-2-6-16-14(12)8-10-18-16/h1-7,9,17-18H,8,10H2. The van der Waals surface area contributed by atoms with Crippen LogP contribution in [0.4, 0.5) is 5.69 Å². The Hall–Kier alpha value is -2.22. The van der Waals surface area contributed by atoms with E-state index in [1.54, 1.807) is 0 Å². The van der Waals surface area contributed by atoms with E-state index < -0.39 is 0 Å². The molecule has 0 fully saturated rings. The molecule has 88 valence electrons. The molecule has 0 spiro atoms. The van der Waals surface area contributed by atoms with Gasteiger partial charge < -0.3 is 10.3 Å². The van der Waals surface area contributed by atoms with Crippen LogP contribution in [0.25, 0.3) is 22.0 Å². The quantitative estimate of drug-likeness (QED) is 0.658. The number of rotatable bonds is 1. The average molecular weight is 234 g/mol. The van der Waals surface area contributed by atoms with E-state index in [-0.39, 0.29) is 0 Å². The fourth-order valence-corrected chi connectivity index (χ4v) is 2.92. The normalized spacial score (nSPS) is 13.6. The zero-order valence-electron chi connectivity index (χ0n) is 10.0. The molecule has 1 aliphatic heterocycles. The lowest BCUT2D eigenvalue weighted by atomic mass is 9.95. The molecule has 2 nitrogen and oxygen atoms in total. The molecule has 2 N–H and O–H groups in total. The maximum atomic E-state index is 3.44. The largest absolute Gasteiger partial charge is 0.384 e. The topological polar surface area (TPSA) is 27.8 Å². The Bertz CT molecular complexity index is 725. The summed E-state index contributed by atoms with van der Waals surface area (Å²) in [7, 11) is 0. The molecular formula is C16H14N2. The van der Waals surface area contributed by atoms with E-state index in [2.05, 4.69) is 52.8 Å². The number of nitrogens with one attached hydrogen (secondary N) is 2. The SMILES string of the molecule is c1cc2c(c(-c3cccc4[nH]ccc34)c1)CCN2. The molecule has 3 aromatic rings. The van der Waals surface area contributed by atoms with Crippen LogP contribution in [-0.2, 0) is 6.42 Å². The van der Waals surface area contributed by atoms with Crippen LogP contribution in [-0.4, -0.2) is 11.5 Å². The van der Waals surface area contributed by atoms with Crippen LogP contribution in [0, 0.1) is 0 Å². The summed E-state index contributed by atoms with van der Waals surface area (Å²) < 4.78 is 0. The van der Waals surface area contributed by atoms with Crippen molar-refractivity contribution >= 4 is 16.6 Å². The molecule has 1 aliphatic rings. The molecule has 4 rings (SSSR count). The Morgan fingerprint density at radius 1 is 0.889 bits per heavy atom. The van der Waals surface area contributed by atoms with E-state index in [0.29, 0.717) is 0 Å². The number of aromatic amines is 1. The Labute approximate surface area is 106 Å². The minimum Gasteiger partial charge on any atom is -0.384 e. The van der Waals surface area contributed by atoms with Gasteiger partial charge in [0, 0.05) is 29.3 Å². The molecule has 0 bridgehead atoms. The highest BCUT2D eigenvalue weighted by atomic mass is 14.9. The molecule has 1 aromatic heterocycles. The number of aromatic nitrogens is 1. The summed E-state index contributed by atoms with van der Waals surface area (Å²) in [6.07, 6.45) is 3.13. The second-order valence-corrected chi connectivity index (χ2v) is 4.75. The van der Waals surface area contributed by atoms with Crippen molar-refractivity contribution in [1.29, 1.82) is 0 Å². The minimum absolute atomic E-state index is 1.05. The zero-order valence-corrected chi connectivity index (χ0v) is 10.0. The van der Waals surface area contributed by atoms with Crippen LogP contribution in [0.1, 0.15) is 5.56 Å². The zero-order chi connectivity index (χ0) is 11.9. The number of anilines is 1. The number of hydrogen-bond donors (Lipinski definition) is 2. The Balaban J connectivity index is 2.03. The second-order valence-electron chi connectivity index (χ2n) is 4.75. The third kappa shape index (κ3) is 1.29. The molecule has 0 radical (unpaired) electrons. The number of benzene rings is 2. The van der Waals surface area contributed by atoms with Crippen molar-refractivity contribution in [1.82, 2.24) is 4.98 Å². The van der Waals surface area contributed by atoms with Crippen molar-refractivity contribution in [3.8, 4) is 11.1 Å². The van der Waals surface area contributed by atoms with E-state index in [1.807, 2.05) is 6.20 Å². The van der Waals surface area contributed by atoms with E-state index in [4.69, 9.17) is 0 Å². The molecule has 0 aliphatic carbocycles. The van der Waals surface area contributed by atoms with E-state index >= 15 is 0 Å². The fraction of sp³-hybridized carbons (Fsp3) is 0.125. The highest BCUT2D eigenvalue weighted by Crippen LogP contribution is 2.36. The van der Waals surface area contributed by atoms with Gasteiger partial charge in [0.25, 0.3) is 0 Å². The van der Waals surface area contributed by atoms with Gasteiger partial charge in [-0.2, -0.15) is 0 Å². The van der Waals surface area contributed by atoms with Gasteiger partial charge >= 0.3 is 0 Å². The lowest BCUT2D eigenvalue weighted by Crippen LogP contribution is -1.90. The van der Waals surface area contributed by atoms with Gasteiger partial charge in [-0.25, -0.2) is 0 Å². The number of fused-ring (bicyclic) bond motifs is 2. The molecule has 0 atom stereocenters.